The van der Waals surface area contributed by atoms with E-state index in [0.717, 1.165) is 16.7 Å². The van der Waals surface area contributed by atoms with Crippen molar-refractivity contribution >= 4 is 10.0 Å². The predicted molar refractivity (Wildman–Crippen MR) is 86.3 cm³/mol. The molecule has 0 aliphatic carbocycles. The highest BCUT2D eigenvalue weighted by Gasteiger charge is 2.24. The molecule has 1 aliphatic rings. The number of fused-ring (bicyclic) bond motifs is 1. The predicted octanol–water partition coefficient (Wildman–Crippen LogP) is 2.38. The van der Waals surface area contributed by atoms with Crippen LogP contribution in [-0.2, 0) is 32.7 Å². The highest BCUT2D eigenvalue weighted by Crippen LogP contribution is 2.29. The number of methoxy groups -OCH3 is 1. The van der Waals surface area contributed by atoms with E-state index in [4.69, 9.17) is 9.47 Å². The van der Waals surface area contributed by atoms with Crippen molar-refractivity contribution in [2.24, 2.45) is 0 Å². The zero-order chi connectivity index (χ0) is 16.3. The quantitative estimate of drug-likeness (QED) is 0.881. The van der Waals surface area contributed by atoms with E-state index in [1.54, 1.807) is 31.4 Å². The van der Waals surface area contributed by atoms with Crippen LogP contribution in [0.1, 0.15) is 22.8 Å². The van der Waals surface area contributed by atoms with E-state index < -0.39 is 10.0 Å². The van der Waals surface area contributed by atoms with E-state index in [2.05, 4.69) is 4.72 Å². The Labute approximate surface area is 136 Å². The molecular weight excluding hydrogens is 314 g/mol. The fourth-order valence-corrected chi connectivity index (χ4v) is 3.66. The number of benzene rings is 2. The molecule has 1 aliphatic heterocycles. The fourth-order valence-electron chi connectivity index (χ4n) is 2.63. The van der Waals surface area contributed by atoms with Gasteiger partial charge in [-0.05, 0) is 28.8 Å². The molecule has 0 saturated heterocycles. The highest BCUT2D eigenvalue weighted by molar-refractivity contribution is 7.89. The second kappa shape index (κ2) is 6.80. The highest BCUT2D eigenvalue weighted by atomic mass is 32.2. The zero-order valence-electron chi connectivity index (χ0n) is 12.9. The number of hydrogen-bond acceptors (Lipinski definition) is 4. The van der Waals surface area contributed by atoms with E-state index in [1.165, 1.54) is 0 Å². The molecular formula is C17H19NO4S. The van der Waals surface area contributed by atoms with Crippen LogP contribution in [0, 0.1) is 0 Å². The van der Waals surface area contributed by atoms with Crippen LogP contribution in [0.4, 0.5) is 0 Å². The average molecular weight is 333 g/mol. The smallest absolute Gasteiger partial charge is 0.240 e. The van der Waals surface area contributed by atoms with Gasteiger partial charge in [0.05, 0.1) is 24.2 Å². The van der Waals surface area contributed by atoms with Gasteiger partial charge in [-0.2, -0.15) is 0 Å². The fraction of sp³-hybridized carbons (Fsp3) is 0.294. The topological polar surface area (TPSA) is 64.6 Å². The Kier molecular flexibility index (Phi) is 4.77. The summed E-state index contributed by atoms with van der Waals surface area (Å²) in [4.78, 5) is 0.239. The summed E-state index contributed by atoms with van der Waals surface area (Å²) in [5, 5.41) is 0. The summed E-state index contributed by atoms with van der Waals surface area (Å²) < 4.78 is 38.1. The van der Waals surface area contributed by atoms with Gasteiger partial charge in [-0.25, -0.2) is 13.1 Å². The Morgan fingerprint density at radius 3 is 2.65 bits per heavy atom. The molecule has 2 aromatic rings. The molecule has 1 unspecified atom stereocenters. The van der Waals surface area contributed by atoms with Gasteiger partial charge >= 0.3 is 0 Å². The molecule has 23 heavy (non-hydrogen) atoms. The summed E-state index contributed by atoms with van der Waals surface area (Å²) in [5.74, 6) is 0. The molecule has 1 atom stereocenters. The summed E-state index contributed by atoms with van der Waals surface area (Å²) in [6.07, 6.45) is -0.242. The van der Waals surface area contributed by atoms with E-state index in [0.29, 0.717) is 13.2 Å². The van der Waals surface area contributed by atoms with Gasteiger partial charge in [0.1, 0.15) is 0 Å². The van der Waals surface area contributed by atoms with Crippen molar-refractivity contribution in [2.75, 3.05) is 13.7 Å². The van der Waals surface area contributed by atoms with Crippen LogP contribution in [0.3, 0.4) is 0 Å². The number of sulfonamides is 1. The molecule has 0 spiro atoms. The first kappa shape index (κ1) is 16.1. The average Bonchev–Trinajstić information content (AvgIpc) is 2.97. The van der Waals surface area contributed by atoms with Crippen LogP contribution in [0.2, 0.25) is 0 Å². The molecule has 6 heteroatoms. The van der Waals surface area contributed by atoms with Crippen molar-refractivity contribution in [2.45, 2.75) is 24.2 Å². The molecule has 0 fully saturated rings. The Morgan fingerprint density at radius 1 is 1.17 bits per heavy atom. The maximum atomic E-state index is 12.4. The monoisotopic (exact) mass is 333 g/mol. The van der Waals surface area contributed by atoms with E-state index in [-0.39, 0.29) is 17.5 Å². The van der Waals surface area contributed by atoms with Gasteiger partial charge in [0, 0.05) is 13.7 Å². The van der Waals surface area contributed by atoms with Crippen LogP contribution in [0.25, 0.3) is 0 Å². The molecule has 0 radical (unpaired) electrons. The van der Waals surface area contributed by atoms with Crippen molar-refractivity contribution in [3.63, 3.8) is 0 Å². The molecule has 2 aromatic carbocycles. The first-order chi connectivity index (χ1) is 11.1. The minimum atomic E-state index is -3.55. The van der Waals surface area contributed by atoms with Gasteiger partial charge in [0.15, 0.2) is 0 Å². The number of ether oxygens (including phenoxy) is 2. The number of nitrogens with one attached hydrogen (secondary N) is 1. The van der Waals surface area contributed by atoms with Crippen LogP contribution < -0.4 is 4.72 Å². The molecule has 3 rings (SSSR count). The molecule has 0 amide bonds. The maximum Gasteiger partial charge on any atom is 0.240 e. The van der Waals surface area contributed by atoms with Gasteiger partial charge in [-0.3, -0.25) is 0 Å². The van der Waals surface area contributed by atoms with Crippen molar-refractivity contribution in [3.8, 4) is 0 Å². The molecule has 0 aromatic heterocycles. The van der Waals surface area contributed by atoms with Gasteiger partial charge in [0.2, 0.25) is 10.0 Å². The number of hydrogen-bond donors (Lipinski definition) is 1. The van der Waals surface area contributed by atoms with Crippen molar-refractivity contribution in [1.82, 2.24) is 4.72 Å². The molecule has 1 heterocycles. The summed E-state index contributed by atoms with van der Waals surface area (Å²) in [6.45, 7) is 1.20. The second-order valence-electron chi connectivity index (χ2n) is 5.43. The zero-order valence-corrected chi connectivity index (χ0v) is 13.7. The maximum absolute atomic E-state index is 12.4. The van der Waals surface area contributed by atoms with E-state index >= 15 is 0 Å². The minimum absolute atomic E-state index is 0.221. The third-order valence-electron chi connectivity index (χ3n) is 3.85. The molecule has 1 N–H and O–H groups in total. The van der Waals surface area contributed by atoms with Crippen molar-refractivity contribution in [1.29, 1.82) is 0 Å². The summed E-state index contributed by atoms with van der Waals surface area (Å²) >= 11 is 0. The van der Waals surface area contributed by atoms with Crippen LogP contribution >= 0.6 is 0 Å². The van der Waals surface area contributed by atoms with Gasteiger partial charge < -0.3 is 9.47 Å². The summed E-state index contributed by atoms with van der Waals surface area (Å²) in [5.41, 5.74) is 3.09. The first-order valence-corrected chi connectivity index (χ1v) is 8.85. The standard InChI is InChI=1S/C17H19NO4S/c1-21-11-13-6-8-15(9-7-13)23(19,20)18-10-17-16-5-3-2-4-14(16)12-22-17/h2-9,17-18H,10-12H2,1H3. The van der Waals surface area contributed by atoms with Gasteiger partial charge in [-0.15, -0.1) is 0 Å². The molecule has 0 bridgehead atoms. The van der Waals surface area contributed by atoms with Crippen LogP contribution in [0.15, 0.2) is 53.4 Å². The molecule has 5 nitrogen and oxygen atoms in total. The van der Waals surface area contributed by atoms with Crippen LogP contribution in [0.5, 0.6) is 0 Å². The third-order valence-corrected chi connectivity index (χ3v) is 5.28. The van der Waals surface area contributed by atoms with Crippen molar-refractivity contribution < 1.29 is 17.9 Å². The Hall–Kier alpha value is -1.73. The van der Waals surface area contributed by atoms with E-state index in [9.17, 15) is 8.42 Å². The lowest BCUT2D eigenvalue weighted by Crippen LogP contribution is -2.28. The van der Waals surface area contributed by atoms with Crippen molar-refractivity contribution in [3.05, 3.63) is 65.2 Å². The normalized spacial score (nSPS) is 17.2. The first-order valence-electron chi connectivity index (χ1n) is 7.37. The molecule has 0 saturated carbocycles. The molecule has 122 valence electrons. The largest absolute Gasteiger partial charge is 0.380 e. The summed E-state index contributed by atoms with van der Waals surface area (Å²) in [7, 11) is -1.95. The minimum Gasteiger partial charge on any atom is -0.380 e. The second-order valence-corrected chi connectivity index (χ2v) is 7.19. The summed E-state index contributed by atoms with van der Waals surface area (Å²) in [6, 6.07) is 14.5. The Morgan fingerprint density at radius 2 is 1.91 bits per heavy atom. The van der Waals surface area contributed by atoms with Gasteiger partial charge in [0.25, 0.3) is 0 Å². The lowest BCUT2D eigenvalue weighted by molar-refractivity contribution is 0.0698. The number of rotatable bonds is 6. The van der Waals surface area contributed by atoms with Gasteiger partial charge in [-0.1, -0.05) is 36.4 Å². The van der Waals surface area contributed by atoms with Crippen LogP contribution in [-0.4, -0.2) is 22.1 Å². The lowest BCUT2D eigenvalue weighted by atomic mass is 10.1. The third kappa shape index (κ3) is 3.61. The van der Waals surface area contributed by atoms with E-state index in [1.807, 2.05) is 24.3 Å². The SMILES string of the molecule is COCc1ccc(S(=O)(=O)NCC2OCc3ccccc32)cc1. The Balaban J connectivity index is 1.67. The lowest BCUT2D eigenvalue weighted by Gasteiger charge is -2.13. The Bertz CT molecular complexity index is 771.